The highest BCUT2D eigenvalue weighted by Gasteiger charge is 2.25. The number of ether oxygens (including phenoxy) is 1. The Bertz CT molecular complexity index is 518. The van der Waals surface area contributed by atoms with Gasteiger partial charge in [0.05, 0.1) is 11.0 Å². The summed E-state index contributed by atoms with van der Waals surface area (Å²) in [6, 6.07) is 6.77. The van der Waals surface area contributed by atoms with Gasteiger partial charge in [-0.3, -0.25) is 0 Å². The predicted octanol–water partition coefficient (Wildman–Crippen LogP) is 2.29. The van der Waals surface area contributed by atoms with Crippen LogP contribution in [0.15, 0.2) is 33.6 Å². The van der Waals surface area contributed by atoms with Crippen molar-refractivity contribution in [3.05, 3.63) is 28.7 Å². The third-order valence-corrected chi connectivity index (χ3v) is 5.47. The van der Waals surface area contributed by atoms with Gasteiger partial charge in [-0.1, -0.05) is 12.1 Å². The van der Waals surface area contributed by atoms with Gasteiger partial charge < -0.3 is 4.74 Å². The Balaban J connectivity index is 2.15. The van der Waals surface area contributed by atoms with Gasteiger partial charge in [0.2, 0.25) is 10.0 Å². The van der Waals surface area contributed by atoms with Gasteiger partial charge in [0.1, 0.15) is 0 Å². The number of nitrogens with one attached hydrogen (secondary N) is 1. The van der Waals surface area contributed by atoms with Crippen LogP contribution in [0.3, 0.4) is 0 Å². The molecule has 6 heteroatoms. The number of hydrogen-bond acceptors (Lipinski definition) is 3. The van der Waals surface area contributed by atoms with Crippen LogP contribution in [0.1, 0.15) is 19.8 Å². The molecule has 0 amide bonds. The lowest BCUT2D eigenvalue weighted by molar-refractivity contribution is 0.0173. The first kappa shape index (κ1) is 14.0. The fraction of sp³-hybridized carbons (Fsp3) is 0.500. The Morgan fingerprint density at radius 2 is 2.11 bits per heavy atom. The minimum atomic E-state index is -3.47. The van der Waals surface area contributed by atoms with Gasteiger partial charge in [0.15, 0.2) is 0 Å². The van der Waals surface area contributed by atoms with E-state index in [9.17, 15) is 8.42 Å². The molecule has 2 unspecified atom stereocenters. The number of halogens is 1. The van der Waals surface area contributed by atoms with Gasteiger partial charge in [0, 0.05) is 17.1 Å². The molecule has 1 aromatic rings. The third kappa shape index (κ3) is 3.32. The molecular formula is C12H16BrNO3S. The van der Waals surface area contributed by atoms with Crippen molar-refractivity contribution < 1.29 is 13.2 Å². The van der Waals surface area contributed by atoms with Crippen molar-refractivity contribution in [1.29, 1.82) is 0 Å². The molecule has 1 heterocycles. The zero-order valence-electron chi connectivity index (χ0n) is 10.1. The summed E-state index contributed by atoms with van der Waals surface area (Å²) in [5.41, 5.74) is 0. The highest BCUT2D eigenvalue weighted by Crippen LogP contribution is 2.23. The summed E-state index contributed by atoms with van der Waals surface area (Å²) >= 11 is 3.26. The van der Waals surface area contributed by atoms with Gasteiger partial charge in [-0.15, -0.1) is 0 Å². The van der Waals surface area contributed by atoms with E-state index in [1.54, 1.807) is 24.3 Å². The van der Waals surface area contributed by atoms with Crippen LogP contribution in [0, 0.1) is 0 Å². The monoisotopic (exact) mass is 333 g/mol. The van der Waals surface area contributed by atoms with Gasteiger partial charge in [-0.25, -0.2) is 13.1 Å². The molecule has 1 fully saturated rings. The van der Waals surface area contributed by atoms with Crippen LogP contribution >= 0.6 is 15.9 Å². The molecule has 0 spiro atoms. The van der Waals surface area contributed by atoms with Gasteiger partial charge in [0.25, 0.3) is 0 Å². The Labute approximate surface area is 116 Å². The maximum Gasteiger partial charge on any atom is 0.241 e. The van der Waals surface area contributed by atoms with E-state index in [2.05, 4.69) is 20.7 Å². The molecule has 4 nitrogen and oxygen atoms in total. The van der Waals surface area contributed by atoms with Crippen LogP contribution in [0.2, 0.25) is 0 Å². The summed E-state index contributed by atoms with van der Waals surface area (Å²) in [5.74, 6) is 0. The number of hydrogen-bond donors (Lipinski definition) is 1. The normalized spacial score (nSPS) is 25.0. The Morgan fingerprint density at radius 3 is 2.78 bits per heavy atom. The molecule has 1 N–H and O–H groups in total. The van der Waals surface area contributed by atoms with Crippen LogP contribution in [0.5, 0.6) is 0 Å². The van der Waals surface area contributed by atoms with Crippen molar-refractivity contribution in [3.63, 3.8) is 0 Å². The van der Waals surface area contributed by atoms with E-state index in [4.69, 9.17) is 4.74 Å². The van der Waals surface area contributed by atoms with Crippen molar-refractivity contribution in [2.75, 3.05) is 6.61 Å². The number of rotatable bonds is 3. The summed E-state index contributed by atoms with van der Waals surface area (Å²) in [6.45, 7) is 2.56. The molecule has 2 atom stereocenters. The molecule has 2 rings (SSSR count). The summed E-state index contributed by atoms with van der Waals surface area (Å²) in [6.07, 6.45) is 1.53. The average molecular weight is 334 g/mol. The summed E-state index contributed by atoms with van der Waals surface area (Å²) in [4.78, 5) is 0.282. The van der Waals surface area contributed by atoms with Gasteiger partial charge in [-0.2, -0.15) is 0 Å². The fourth-order valence-electron chi connectivity index (χ4n) is 2.05. The fourth-order valence-corrected chi connectivity index (χ4v) is 4.34. The molecule has 1 aliphatic heterocycles. The largest absolute Gasteiger partial charge is 0.378 e. The molecule has 1 aromatic carbocycles. The maximum absolute atomic E-state index is 12.2. The van der Waals surface area contributed by atoms with E-state index in [1.165, 1.54) is 0 Å². The Hall–Kier alpha value is -0.430. The Morgan fingerprint density at radius 1 is 1.39 bits per heavy atom. The standard InChI is InChI=1S/C12H16BrNO3S/c1-9-8-10(6-7-17-9)14-18(15,16)12-5-3-2-4-11(12)13/h2-5,9-10,14H,6-8H2,1H3. The molecule has 0 saturated carbocycles. The Kier molecular flexibility index (Phi) is 4.42. The molecule has 0 aliphatic carbocycles. The molecule has 100 valence electrons. The van der Waals surface area contributed by atoms with Crippen molar-refractivity contribution in [3.8, 4) is 0 Å². The molecule has 0 aromatic heterocycles. The minimum Gasteiger partial charge on any atom is -0.378 e. The zero-order valence-corrected chi connectivity index (χ0v) is 12.5. The van der Waals surface area contributed by atoms with Gasteiger partial charge in [-0.05, 0) is 47.8 Å². The van der Waals surface area contributed by atoms with Crippen molar-refractivity contribution in [2.24, 2.45) is 0 Å². The lowest BCUT2D eigenvalue weighted by Crippen LogP contribution is -2.41. The van der Waals surface area contributed by atoms with Crippen molar-refractivity contribution in [1.82, 2.24) is 4.72 Å². The number of benzene rings is 1. The van der Waals surface area contributed by atoms with E-state index in [-0.39, 0.29) is 17.0 Å². The average Bonchev–Trinajstić information content (AvgIpc) is 2.28. The van der Waals surface area contributed by atoms with Crippen molar-refractivity contribution >= 4 is 26.0 Å². The second-order valence-corrected chi connectivity index (χ2v) is 6.99. The van der Waals surface area contributed by atoms with E-state index in [0.717, 1.165) is 0 Å². The quantitative estimate of drug-likeness (QED) is 0.923. The van der Waals surface area contributed by atoms with E-state index in [0.29, 0.717) is 23.9 Å². The topological polar surface area (TPSA) is 55.4 Å². The molecule has 0 bridgehead atoms. The van der Waals surface area contributed by atoms with Crippen LogP contribution in [-0.2, 0) is 14.8 Å². The van der Waals surface area contributed by atoms with Crippen LogP contribution in [-0.4, -0.2) is 27.2 Å². The molecule has 0 radical (unpaired) electrons. The highest BCUT2D eigenvalue weighted by atomic mass is 79.9. The van der Waals surface area contributed by atoms with E-state index < -0.39 is 10.0 Å². The SMILES string of the molecule is CC1CC(NS(=O)(=O)c2ccccc2Br)CCO1. The smallest absolute Gasteiger partial charge is 0.241 e. The van der Waals surface area contributed by atoms with E-state index >= 15 is 0 Å². The second-order valence-electron chi connectivity index (χ2n) is 4.45. The highest BCUT2D eigenvalue weighted by molar-refractivity contribution is 9.10. The lowest BCUT2D eigenvalue weighted by Gasteiger charge is -2.27. The minimum absolute atomic E-state index is 0.0501. The first-order valence-corrected chi connectivity index (χ1v) is 8.15. The second kappa shape index (κ2) is 5.69. The molecule has 18 heavy (non-hydrogen) atoms. The number of sulfonamides is 1. The summed E-state index contributed by atoms with van der Waals surface area (Å²) in [5, 5.41) is 0. The van der Waals surface area contributed by atoms with Crippen LogP contribution in [0.4, 0.5) is 0 Å². The van der Waals surface area contributed by atoms with Crippen molar-refractivity contribution in [2.45, 2.75) is 36.8 Å². The summed E-state index contributed by atoms with van der Waals surface area (Å²) in [7, 11) is -3.47. The molecule has 1 aliphatic rings. The first-order valence-electron chi connectivity index (χ1n) is 5.87. The summed E-state index contributed by atoms with van der Waals surface area (Å²) < 4.78 is 33.2. The lowest BCUT2D eigenvalue weighted by atomic mass is 10.1. The van der Waals surface area contributed by atoms with Crippen LogP contribution < -0.4 is 4.72 Å². The molecular weight excluding hydrogens is 318 g/mol. The maximum atomic E-state index is 12.2. The third-order valence-electron chi connectivity index (χ3n) is 2.93. The van der Waals surface area contributed by atoms with E-state index in [1.807, 2.05) is 6.92 Å². The zero-order chi connectivity index (χ0) is 13.2. The van der Waals surface area contributed by atoms with Gasteiger partial charge >= 0.3 is 0 Å². The predicted molar refractivity (Wildman–Crippen MR) is 72.9 cm³/mol. The first-order chi connectivity index (χ1) is 8.49. The molecule has 1 saturated heterocycles. The van der Waals surface area contributed by atoms with Crippen LogP contribution in [0.25, 0.3) is 0 Å².